The minimum atomic E-state index is -3.30. The maximum absolute atomic E-state index is 13.1. The van der Waals surface area contributed by atoms with Crippen LogP contribution in [0.3, 0.4) is 0 Å². The summed E-state index contributed by atoms with van der Waals surface area (Å²) in [5, 5.41) is 12.4. The Morgan fingerprint density at radius 2 is 1.90 bits per heavy atom. The van der Waals surface area contributed by atoms with Crippen LogP contribution in [0.25, 0.3) is 5.69 Å². The molecule has 0 bridgehead atoms. The molecule has 0 unspecified atom stereocenters. The third-order valence-electron chi connectivity index (χ3n) is 2.63. The third-order valence-corrected chi connectivity index (χ3v) is 2.86. The lowest BCUT2D eigenvalue weighted by atomic mass is 10.2. The monoisotopic (exact) mass is 322 g/mol. The highest BCUT2D eigenvalue weighted by Gasteiger charge is 2.33. The van der Waals surface area contributed by atoms with Crippen LogP contribution in [-0.4, -0.2) is 20.9 Å². The van der Waals surface area contributed by atoms with E-state index in [-0.39, 0.29) is 10.7 Å². The van der Waals surface area contributed by atoms with E-state index in [1.54, 1.807) is 0 Å². The van der Waals surface area contributed by atoms with Crippen LogP contribution in [0.4, 0.5) is 17.6 Å². The summed E-state index contributed by atoms with van der Waals surface area (Å²) in [5.41, 5.74) is -3.55. The van der Waals surface area contributed by atoms with E-state index in [0.29, 0.717) is 4.68 Å². The topological polar surface area (TPSA) is 55.1 Å². The normalized spacial score (nSPS) is 11.4. The number of carboxylic acids is 1. The van der Waals surface area contributed by atoms with Gasteiger partial charge in [-0.1, -0.05) is 17.7 Å². The number of carboxylic acid groups (broad SMARTS) is 1. The van der Waals surface area contributed by atoms with Gasteiger partial charge in [-0.3, -0.25) is 0 Å². The Bertz CT molecular complexity index is 688. The van der Waals surface area contributed by atoms with Crippen molar-refractivity contribution >= 4 is 17.6 Å². The second-order valence-electron chi connectivity index (χ2n) is 3.94. The Labute approximate surface area is 120 Å². The quantitative estimate of drug-likeness (QED) is 0.862. The van der Waals surface area contributed by atoms with Crippen LogP contribution in [0, 0.1) is 0 Å². The van der Waals surface area contributed by atoms with E-state index in [1.165, 1.54) is 24.3 Å². The Morgan fingerprint density at radius 3 is 2.38 bits per heavy atom. The number of carbonyl (C=O) groups is 1. The molecule has 0 aliphatic carbocycles. The molecule has 1 aromatic carbocycles. The maximum atomic E-state index is 13.1. The van der Waals surface area contributed by atoms with Crippen LogP contribution in [0.15, 0.2) is 24.3 Å². The molecule has 1 N–H and O–H groups in total. The molecule has 0 atom stereocenters. The summed E-state index contributed by atoms with van der Waals surface area (Å²) < 4.78 is 52.4. The summed E-state index contributed by atoms with van der Waals surface area (Å²) in [6.45, 7) is 0. The molecule has 0 amide bonds. The predicted octanol–water partition coefficient (Wildman–Crippen LogP) is 4.10. The lowest BCUT2D eigenvalue weighted by molar-refractivity contribution is 0.0670. The van der Waals surface area contributed by atoms with E-state index in [9.17, 15) is 22.4 Å². The molecule has 0 aliphatic heterocycles. The molecule has 9 heteroatoms. The first-order chi connectivity index (χ1) is 9.82. The minimum Gasteiger partial charge on any atom is -0.478 e. The van der Waals surface area contributed by atoms with Crippen molar-refractivity contribution in [2.75, 3.05) is 0 Å². The maximum Gasteiger partial charge on any atom is 0.339 e. The zero-order valence-corrected chi connectivity index (χ0v) is 10.9. The molecule has 1 heterocycles. The van der Waals surface area contributed by atoms with E-state index in [4.69, 9.17) is 16.7 Å². The van der Waals surface area contributed by atoms with Crippen LogP contribution >= 0.6 is 11.6 Å². The predicted molar refractivity (Wildman–Crippen MR) is 65.4 cm³/mol. The van der Waals surface area contributed by atoms with Gasteiger partial charge in [-0.2, -0.15) is 5.10 Å². The summed E-state index contributed by atoms with van der Waals surface area (Å²) in [5.74, 6) is -1.89. The number of alkyl halides is 4. The third kappa shape index (κ3) is 2.85. The number of benzene rings is 1. The zero-order valence-electron chi connectivity index (χ0n) is 10.1. The number of halogens is 5. The van der Waals surface area contributed by atoms with Gasteiger partial charge in [0.25, 0.3) is 12.9 Å². The second kappa shape index (κ2) is 5.72. The van der Waals surface area contributed by atoms with Crippen LogP contribution < -0.4 is 0 Å². The molecule has 2 aromatic rings. The summed E-state index contributed by atoms with van der Waals surface area (Å²) >= 11 is 5.71. The molecule has 2 rings (SSSR count). The van der Waals surface area contributed by atoms with E-state index in [1.807, 2.05) is 0 Å². The summed E-state index contributed by atoms with van der Waals surface area (Å²) in [7, 11) is 0. The summed E-state index contributed by atoms with van der Waals surface area (Å²) in [6, 6.07) is 5.35. The van der Waals surface area contributed by atoms with Crippen LogP contribution in [0.5, 0.6) is 0 Å². The number of hydrogen-bond acceptors (Lipinski definition) is 2. The molecule has 21 heavy (non-hydrogen) atoms. The van der Waals surface area contributed by atoms with Crippen molar-refractivity contribution in [1.29, 1.82) is 0 Å². The van der Waals surface area contributed by atoms with E-state index in [2.05, 4.69) is 5.10 Å². The lowest BCUT2D eigenvalue weighted by Gasteiger charge is -2.07. The smallest absolute Gasteiger partial charge is 0.339 e. The first kappa shape index (κ1) is 15.3. The zero-order chi connectivity index (χ0) is 15.7. The average molecular weight is 323 g/mol. The molecule has 4 nitrogen and oxygen atoms in total. The molecule has 0 saturated carbocycles. The van der Waals surface area contributed by atoms with Crippen LogP contribution in [-0.2, 0) is 0 Å². The van der Waals surface area contributed by atoms with E-state index >= 15 is 0 Å². The van der Waals surface area contributed by atoms with Gasteiger partial charge in [0, 0.05) is 5.02 Å². The molecule has 0 fully saturated rings. The van der Waals surface area contributed by atoms with Crippen molar-refractivity contribution in [3.63, 3.8) is 0 Å². The van der Waals surface area contributed by atoms with Crippen molar-refractivity contribution in [2.24, 2.45) is 0 Å². The Hall–Kier alpha value is -2.09. The standard InChI is InChI=1S/C12H7ClF4N2O2/c13-5-2-1-3-6(4-5)19-9(11(16)17)7(12(20)21)8(18-19)10(14)15/h1-4,10-11H,(H,20,21). The van der Waals surface area contributed by atoms with Gasteiger partial charge < -0.3 is 5.11 Å². The van der Waals surface area contributed by atoms with Gasteiger partial charge in [-0.05, 0) is 18.2 Å². The Morgan fingerprint density at radius 1 is 1.24 bits per heavy atom. The van der Waals surface area contributed by atoms with Gasteiger partial charge in [0.2, 0.25) is 0 Å². The number of aromatic nitrogens is 2. The molecular weight excluding hydrogens is 316 g/mol. The minimum absolute atomic E-state index is 0.0350. The van der Waals surface area contributed by atoms with Gasteiger partial charge in [-0.15, -0.1) is 0 Å². The number of aromatic carboxylic acids is 1. The lowest BCUT2D eigenvalue weighted by Crippen LogP contribution is -2.07. The Balaban J connectivity index is 2.77. The number of nitrogens with zero attached hydrogens (tertiary/aromatic N) is 2. The van der Waals surface area contributed by atoms with Crippen LogP contribution in [0.2, 0.25) is 5.02 Å². The summed E-state index contributed by atoms with van der Waals surface area (Å²) in [4.78, 5) is 11.0. The SMILES string of the molecule is O=C(O)c1c(C(F)F)nn(-c2cccc(Cl)c2)c1C(F)F. The molecule has 112 valence electrons. The van der Waals surface area contributed by atoms with Gasteiger partial charge in [0.15, 0.2) is 0 Å². The summed E-state index contributed by atoms with van der Waals surface area (Å²) in [6.07, 6.45) is -6.59. The molecule has 0 spiro atoms. The Kier molecular flexibility index (Phi) is 4.17. The molecule has 0 aliphatic rings. The first-order valence-corrected chi connectivity index (χ1v) is 5.89. The van der Waals surface area contributed by atoms with Gasteiger partial charge in [-0.25, -0.2) is 27.0 Å². The first-order valence-electron chi connectivity index (χ1n) is 5.51. The van der Waals surface area contributed by atoms with Crippen molar-refractivity contribution < 1.29 is 27.5 Å². The highest BCUT2D eigenvalue weighted by molar-refractivity contribution is 6.30. The number of hydrogen-bond donors (Lipinski definition) is 1. The highest BCUT2D eigenvalue weighted by atomic mass is 35.5. The molecular formula is C12H7ClF4N2O2. The van der Waals surface area contributed by atoms with Gasteiger partial charge >= 0.3 is 5.97 Å². The fourth-order valence-corrected chi connectivity index (χ4v) is 2.01. The second-order valence-corrected chi connectivity index (χ2v) is 4.38. The van der Waals surface area contributed by atoms with Crippen molar-refractivity contribution in [2.45, 2.75) is 12.9 Å². The fraction of sp³-hybridized carbons (Fsp3) is 0.167. The molecule has 0 radical (unpaired) electrons. The van der Waals surface area contributed by atoms with E-state index < -0.39 is 35.8 Å². The molecule has 0 saturated heterocycles. The van der Waals surface area contributed by atoms with Crippen molar-refractivity contribution in [3.8, 4) is 5.69 Å². The van der Waals surface area contributed by atoms with Gasteiger partial charge in [0.1, 0.15) is 17.0 Å². The van der Waals surface area contributed by atoms with E-state index in [0.717, 1.165) is 0 Å². The number of rotatable bonds is 4. The van der Waals surface area contributed by atoms with Crippen LogP contribution in [0.1, 0.15) is 34.6 Å². The van der Waals surface area contributed by atoms with Gasteiger partial charge in [0.05, 0.1) is 5.69 Å². The highest BCUT2D eigenvalue weighted by Crippen LogP contribution is 2.33. The molecule has 1 aromatic heterocycles. The fourth-order valence-electron chi connectivity index (χ4n) is 1.83. The largest absolute Gasteiger partial charge is 0.478 e. The van der Waals surface area contributed by atoms with Crippen molar-refractivity contribution in [3.05, 3.63) is 46.2 Å². The van der Waals surface area contributed by atoms with Crippen molar-refractivity contribution in [1.82, 2.24) is 9.78 Å². The average Bonchev–Trinajstić information content (AvgIpc) is 2.79.